The van der Waals surface area contributed by atoms with Gasteiger partial charge in [-0.3, -0.25) is 19.4 Å². The number of nitrogens with one attached hydrogen (secondary N) is 2. The van der Waals surface area contributed by atoms with Gasteiger partial charge in [0.1, 0.15) is 12.1 Å². The van der Waals surface area contributed by atoms with Crippen LogP contribution in [0.25, 0.3) is 0 Å². The maximum atomic E-state index is 13.1. The molecule has 1 atom stereocenters. The van der Waals surface area contributed by atoms with Crippen LogP contribution in [-0.2, 0) is 25.3 Å². The van der Waals surface area contributed by atoms with Gasteiger partial charge in [-0.1, -0.05) is 45.0 Å². The van der Waals surface area contributed by atoms with Gasteiger partial charge in [0, 0.05) is 25.2 Å². The van der Waals surface area contributed by atoms with Crippen LogP contribution >= 0.6 is 0 Å². The molecule has 32 heavy (non-hydrogen) atoms. The van der Waals surface area contributed by atoms with E-state index in [4.69, 9.17) is 4.74 Å². The number of hydrogen-bond acceptors (Lipinski definition) is 5. The standard InChI is InChI=1S/C24H36N4O4/c1-22(2,3)17-7-9-18(10-8-17)24(6)20(30)28(21(31)26-24)15-19(29)25-16-23(4,5)27-11-13-32-14-12-27/h7-10H,11-16H2,1-6H3,(H,25,29)(H,26,31). The molecule has 0 bridgehead atoms. The maximum Gasteiger partial charge on any atom is 0.325 e. The lowest BCUT2D eigenvalue weighted by Crippen LogP contribution is -2.56. The molecule has 8 heteroatoms. The number of morpholine rings is 1. The Morgan fingerprint density at radius 3 is 2.25 bits per heavy atom. The number of hydrogen-bond donors (Lipinski definition) is 2. The molecule has 0 saturated carbocycles. The zero-order chi connectivity index (χ0) is 23.7. The van der Waals surface area contributed by atoms with Crippen molar-refractivity contribution >= 4 is 17.8 Å². The van der Waals surface area contributed by atoms with Crippen molar-refractivity contribution in [3.05, 3.63) is 35.4 Å². The van der Waals surface area contributed by atoms with Crippen molar-refractivity contribution in [3.63, 3.8) is 0 Å². The number of carbonyl (C=O) groups excluding carboxylic acids is 3. The summed E-state index contributed by atoms with van der Waals surface area (Å²) < 4.78 is 5.39. The van der Waals surface area contributed by atoms with Gasteiger partial charge in [0.05, 0.1) is 13.2 Å². The number of ether oxygens (including phenoxy) is 1. The number of urea groups is 1. The van der Waals surface area contributed by atoms with Gasteiger partial charge in [-0.15, -0.1) is 0 Å². The molecule has 0 aromatic heterocycles. The van der Waals surface area contributed by atoms with E-state index in [1.165, 1.54) is 0 Å². The van der Waals surface area contributed by atoms with Crippen LogP contribution in [0.4, 0.5) is 4.79 Å². The zero-order valence-electron chi connectivity index (χ0n) is 20.1. The van der Waals surface area contributed by atoms with Gasteiger partial charge < -0.3 is 15.4 Å². The molecule has 0 aliphatic carbocycles. The van der Waals surface area contributed by atoms with E-state index in [9.17, 15) is 14.4 Å². The Morgan fingerprint density at radius 1 is 1.09 bits per heavy atom. The fourth-order valence-corrected chi connectivity index (χ4v) is 4.13. The monoisotopic (exact) mass is 444 g/mol. The van der Waals surface area contributed by atoms with E-state index < -0.39 is 17.5 Å². The Labute approximate surface area is 190 Å². The lowest BCUT2D eigenvalue weighted by atomic mass is 9.84. The molecular weight excluding hydrogens is 408 g/mol. The normalized spacial score (nSPS) is 22.8. The Morgan fingerprint density at radius 2 is 1.69 bits per heavy atom. The predicted octanol–water partition coefficient (Wildman–Crippen LogP) is 1.98. The van der Waals surface area contributed by atoms with Crippen LogP contribution in [-0.4, -0.2) is 72.6 Å². The molecule has 2 N–H and O–H groups in total. The first-order chi connectivity index (χ1) is 14.8. The van der Waals surface area contributed by atoms with E-state index in [-0.39, 0.29) is 23.4 Å². The minimum absolute atomic E-state index is 0.0124. The lowest BCUT2D eigenvalue weighted by Gasteiger charge is -2.40. The van der Waals surface area contributed by atoms with E-state index in [2.05, 4.69) is 50.2 Å². The van der Waals surface area contributed by atoms with E-state index >= 15 is 0 Å². The predicted molar refractivity (Wildman–Crippen MR) is 122 cm³/mol. The molecular formula is C24H36N4O4. The van der Waals surface area contributed by atoms with Crippen LogP contribution in [0.2, 0.25) is 0 Å². The zero-order valence-corrected chi connectivity index (χ0v) is 20.1. The Kier molecular flexibility index (Phi) is 6.67. The van der Waals surface area contributed by atoms with Gasteiger partial charge >= 0.3 is 6.03 Å². The summed E-state index contributed by atoms with van der Waals surface area (Å²) in [5.74, 6) is -0.782. The van der Waals surface area contributed by atoms with Crippen molar-refractivity contribution in [3.8, 4) is 0 Å². The minimum atomic E-state index is -1.19. The highest BCUT2D eigenvalue weighted by atomic mass is 16.5. The van der Waals surface area contributed by atoms with Gasteiger partial charge in [-0.2, -0.15) is 0 Å². The first-order valence-corrected chi connectivity index (χ1v) is 11.2. The summed E-state index contributed by atoms with van der Waals surface area (Å²) in [4.78, 5) is 41.6. The third-order valence-electron chi connectivity index (χ3n) is 6.49. The third-order valence-corrected chi connectivity index (χ3v) is 6.49. The second kappa shape index (κ2) is 8.83. The topological polar surface area (TPSA) is 91.0 Å². The number of amides is 4. The minimum Gasteiger partial charge on any atom is -0.379 e. The Hall–Kier alpha value is -2.45. The van der Waals surface area contributed by atoms with Crippen molar-refractivity contribution in [2.75, 3.05) is 39.4 Å². The lowest BCUT2D eigenvalue weighted by molar-refractivity contribution is -0.135. The molecule has 3 rings (SSSR count). The molecule has 1 aromatic rings. The molecule has 8 nitrogen and oxygen atoms in total. The smallest absolute Gasteiger partial charge is 0.325 e. The van der Waals surface area contributed by atoms with Crippen LogP contribution in [0.15, 0.2) is 24.3 Å². The van der Waals surface area contributed by atoms with Gasteiger partial charge in [0.15, 0.2) is 0 Å². The molecule has 4 amide bonds. The average molecular weight is 445 g/mol. The maximum absolute atomic E-state index is 13.1. The van der Waals surface area contributed by atoms with Crippen molar-refractivity contribution in [1.29, 1.82) is 0 Å². The summed E-state index contributed by atoms with van der Waals surface area (Å²) >= 11 is 0. The van der Waals surface area contributed by atoms with Crippen LogP contribution in [0, 0.1) is 0 Å². The molecule has 0 radical (unpaired) electrons. The van der Waals surface area contributed by atoms with Crippen molar-refractivity contribution in [2.45, 2.75) is 58.0 Å². The van der Waals surface area contributed by atoms with E-state index in [0.717, 1.165) is 23.6 Å². The summed E-state index contributed by atoms with van der Waals surface area (Å²) in [6.07, 6.45) is 0. The van der Waals surface area contributed by atoms with Gasteiger partial charge in [-0.25, -0.2) is 4.79 Å². The van der Waals surface area contributed by atoms with Crippen LogP contribution in [0.3, 0.4) is 0 Å². The molecule has 2 saturated heterocycles. The molecule has 1 unspecified atom stereocenters. The average Bonchev–Trinajstić information content (AvgIpc) is 2.96. The van der Waals surface area contributed by atoms with Crippen molar-refractivity contribution in [2.24, 2.45) is 0 Å². The molecule has 2 fully saturated rings. The summed E-state index contributed by atoms with van der Waals surface area (Å²) in [5, 5.41) is 5.65. The number of nitrogens with zero attached hydrogens (tertiary/aromatic N) is 2. The molecule has 176 valence electrons. The highest BCUT2D eigenvalue weighted by molar-refractivity contribution is 6.09. The number of carbonyl (C=O) groups is 3. The third kappa shape index (κ3) is 4.96. The summed E-state index contributed by atoms with van der Waals surface area (Å²) in [6.45, 7) is 15.2. The number of imide groups is 1. The van der Waals surface area contributed by atoms with Crippen LogP contribution in [0.5, 0.6) is 0 Å². The fraction of sp³-hybridized carbons (Fsp3) is 0.625. The fourth-order valence-electron chi connectivity index (χ4n) is 4.13. The molecule has 0 spiro atoms. The highest BCUT2D eigenvalue weighted by Gasteiger charge is 2.49. The number of rotatable bonds is 6. The van der Waals surface area contributed by atoms with Crippen LogP contribution < -0.4 is 10.6 Å². The molecule has 2 aliphatic rings. The van der Waals surface area contributed by atoms with E-state index in [1.54, 1.807) is 6.92 Å². The quantitative estimate of drug-likeness (QED) is 0.655. The largest absolute Gasteiger partial charge is 0.379 e. The van der Waals surface area contributed by atoms with E-state index in [1.807, 2.05) is 24.3 Å². The van der Waals surface area contributed by atoms with Crippen LogP contribution in [0.1, 0.15) is 52.7 Å². The Bertz CT molecular complexity index is 869. The van der Waals surface area contributed by atoms with Crippen molar-refractivity contribution < 1.29 is 19.1 Å². The summed E-state index contributed by atoms with van der Waals surface area (Å²) in [5.41, 5.74) is 0.378. The van der Waals surface area contributed by atoms with Gasteiger partial charge in [-0.05, 0) is 37.3 Å². The SMILES string of the molecule is CC(C)(C)c1ccc(C2(C)NC(=O)N(CC(=O)NCC(C)(C)N3CCOCC3)C2=O)cc1. The first-order valence-electron chi connectivity index (χ1n) is 11.2. The molecule has 1 aromatic carbocycles. The summed E-state index contributed by atoms with van der Waals surface area (Å²) in [7, 11) is 0. The first kappa shape index (κ1) is 24.2. The number of benzene rings is 1. The molecule has 2 heterocycles. The van der Waals surface area contributed by atoms with Crippen molar-refractivity contribution in [1.82, 2.24) is 20.4 Å². The van der Waals surface area contributed by atoms with Gasteiger partial charge in [0.2, 0.25) is 5.91 Å². The van der Waals surface area contributed by atoms with Gasteiger partial charge in [0.25, 0.3) is 5.91 Å². The van der Waals surface area contributed by atoms with E-state index in [0.29, 0.717) is 25.3 Å². The second-order valence-corrected chi connectivity index (χ2v) is 10.5. The second-order valence-electron chi connectivity index (χ2n) is 10.5. The molecule has 2 aliphatic heterocycles. The highest BCUT2D eigenvalue weighted by Crippen LogP contribution is 2.31. The summed E-state index contributed by atoms with van der Waals surface area (Å²) in [6, 6.07) is 7.13. The Balaban J connectivity index is 1.63.